The molecule has 7 heteroatoms. The number of hydrogen-bond donors (Lipinski definition) is 2. The topological polar surface area (TPSA) is 81.4 Å². The molecule has 0 heterocycles. The van der Waals surface area contributed by atoms with Crippen molar-refractivity contribution in [3.05, 3.63) is 83.4 Å². The van der Waals surface area contributed by atoms with Crippen LogP contribution in [0.15, 0.2) is 82.6 Å². The molecule has 0 aliphatic carbocycles. The maximum absolute atomic E-state index is 12.2. The highest BCUT2D eigenvalue weighted by molar-refractivity contribution is 7.99. The number of anilines is 2. The Kier molecular flexibility index (Phi) is 6.57. The van der Waals surface area contributed by atoms with Gasteiger partial charge in [0, 0.05) is 20.5 Å². The first-order valence-corrected chi connectivity index (χ1v) is 9.56. The highest BCUT2D eigenvalue weighted by Crippen LogP contribution is 2.33. The van der Waals surface area contributed by atoms with E-state index < -0.39 is 18.5 Å². The predicted molar refractivity (Wildman–Crippen MR) is 112 cm³/mol. The number of nitrogen functional groups attached to an aromatic ring is 1. The summed E-state index contributed by atoms with van der Waals surface area (Å²) in [7, 11) is 0. The second kappa shape index (κ2) is 9.30. The van der Waals surface area contributed by atoms with Crippen LogP contribution in [0.3, 0.4) is 0 Å². The lowest BCUT2D eigenvalue weighted by atomic mass is 10.2. The molecule has 0 saturated carbocycles. The van der Waals surface area contributed by atoms with E-state index >= 15 is 0 Å². The second-order valence-electron chi connectivity index (χ2n) is 5.77. The van der Waals surface area contributed by atoms with Crippen molar-refractivity contribution in [1.29, 1.82) is 0 Å². The molecule has 1 amide bonds. The van der Waals surface area contributed by atoms with Crippen molar-refractivity contribution < 1.29 is 14.3 Å². The Morgan fingerprint density at radius 2 is 1.71 bits per heavy atom. The largest absolute Gasteiger partial charge is 0.452 e. The SMILES string of the molecule is Nc1cc(Cl)ccc1C(=O)OCC(=O)Nc1ccccc1Sc1ccccc1. The van der Waals surface area contributed by atoms with E-state index in [1.165, 1.54) is 30.0 Å². The zero-order valence-corrected chi connectivity index (χ0v) is 16.3. The standard InChI is InChI=1S/C21H17ClN2O3S/c22-14-10-11-16(17(23)12-14)21(26)27-13-20(25)24-18-8-4-5-9-19(18)28-15-6-2-1-3-7-15/h1-12H,13,23H2,(H,24,25). The van der Waals surface area contributed by atoms with Gasteiger partial charge in [-0.1, -0.05) is 53.7 Å². The number of esters is 1. The van der Waals surface area contributed by atoms with Crippen LogP contribution in [0, 0.1) is 0 Å². The molecule has 3 aromatic carbocycles. The molecular weight excluding hydrogens is 396 g/mol. The number of nitrogens with two attached hydrogens (primary N) is 1. The smallest absolute Gasteiger partial charge is 0.340 e. The Hall–Kier alpha value is -2.96. The number of hydrogen-bond acceptors (Lipinski definition) is 5. The lowest BCUT2D eigenvalue weighted by molar-refractivity contribution is -0.119. The number of para-hydroxylation sites is 1. The fourth-order valence-electron chi connectivity index (χ4n) is 2.39. The Balaban J connectivity index is 1.61. The van der Waals surface area contributed by atoms with E-state index in [0.29, 0.717) is 10.7 Å². The Labute approximate surface area is 171 Å². The molecule has 5 nitrogen and oxygen atoms in total. The van der Waals surface area contributed by atoms with Crippen LogP contribution in [0.5, 0.6) is 0 Å². The maximum atomic E-state index is 12.2. The number of carbonyl (C=O) groups excluding carboxylic acids is 2. The molecule has 0 aliphatic rings. The van der Waals surface area contributed by atoms with Crippen LogP contribution in [-0.4, -0.2) is 18.5 Å². The third-order valence-electron chi connectivity index (χ3n) is 3.70. The lowest BCUT2D eigenvalue weighted by Gasteiger charge is -2.11. The van der Waals surface area contributed by atoms with E-state index in [2.05, 4.69) is 5.32 Å². The zero-order chi connectivity index (χ0) is 19.9. The van der Waals surface area contributed by atoms with Gasteiger partial charge in [-0.2, -0.15) is 0 Å². The van der Waals surface area contributed by atoms with Crippen LogP contribution < -0.4 is 11.1 Å². The first kappa shape index (κ1) is 19.8. The molecule has 0 spiro atoms. The first-order chi connectivity index (χ1) is 13.5. The van der Waals surface area contributed by atoms with Gasteiger partial charge in [-0.25, -0.2) is 4.79 Å². The fraction of sp³-hybridized carbons (Fsp3) is 0.0476. The van der Waals surface area contributed by atoms with Gasteiger partial charge in [0.25, 0.3) is 5.91 Å². The first-order valence-electron chi connectivity index (χ1n) is 8.37. The normalized spacial score (nSPS) is 10.3. The Morgan fingerprint density at radius 3 is 2.46 bits per heavy atom. The van der Waals surface area contributed by atoms with Gasteiger partial charge in [0.05, 0.1) is 11.3 Å². The van der Waals surface area contributed by atoms with E-state index in [-0.39, 0.29) is 11.3 Å². The van der Waals surface area contributed by atoms with Crippen LogP contribution in [-0.2, 0) is 9.53 Å². The molecule has 0 bridgehead atoms. The number of amides is 1. The van der Waals surface area contributed by atoms with Crippen molar-refractivity contribution in [2.24, 2.45) is 0 Å². The van der Waals surface area contributed by atoms with Gasteiger partial charge in [-0.15, -0.1) is 0 Å². The Bertz CT molecular complexity index is 996. The summed E-state index contributed by atoms with van der Waals surface area (Å²) >= 11 is 7.34. The monoisotopic (exact) mass is 412 g/mol. The Morgan fingerprint density at radius 1 is 1.00 bits per heavy atom. The molecular formula is C21H17ClN2O3S. The molecule has 3 N–H and O–H groups in total. The van der Waals surface area contributed by atoms with Crippen LogP contribution in [0.25, 0.3) is 0 Å². The molecule has 0 radical (unpaired) electrons. The van der Waals surface area contributed by atoms with Crippen molar-refractivity contribution in [1.82, 2.24) is 0 Å². The summed E-state index contributed by atoms with van der Waals surface area (Å²) in [5, 5.41) is 3.19. The van der Waals surface area contributed by atoms with E-state index in [4.69, 9.17) is 22.1 Å². The molecule has 142 valence electrons. The minimum atomic E-state index is -0.684. The highest BCUT2D eigenvalue weighted by atomic mass is 35.5. The van der Waals surface area contributed by atoms with Gasteiger partial charge in [-0.05, 0) is 42.5 Å². The summed E-state index contributed by atoms with van der Waals surface area (Å²) in [5.74, 6) is -1.13. The van der Waals surface area contributed by atoms with Gasteiger partial charge in [-0.3, -0.25) is 4.79 Å². The van der Waals surface area contributed by atoms with E-state index in [1.54, 1.807) is 6.07 Å². The minimum absolute atomic E-state index is 0.164. The zero-order valence-electron chi connectivity index (χ0n) is 14.7. The predicted octanol–water partition coefficient (Wildman–Crippen LogP) is 4.87. The van der Waals surface area contributed by atoms with Crippen LogP contribution in [0.1, 0.15) is 10.4 Å². The number of rotatable bonds is 6. The average Bonchev–Trinajstić information content (AvgIpc) is 2.68. The van der Waals surface area contributed by atoms with Crippen molar-refractivity contribution in [2.75, 3.05) is 17.7 Å². The summed E-state index contributed by atoms with van der Waals surface area (Å²) in [4.78, 5) is 26.3. The van der Waals surface area contributed by atoms with Crippen LogP contribution in [0.2, 0.25) is 5.02 Å². The van der Waals surface area contributed by atoms with Crippen LogP contribution >= 0.6 is 23.4 Å². The van der Waals surface area contributed by atoms with Crippen molar-refractivity contribution in [2.45, 2.75) is 9.79 Å². The molecule has 0 unspecified atom stereocenters. The second-order valence-corrected chi connectivity index (χ2v) is 7.32. The third kappa shape index (κ3) is 5.28. The van der Waals surface area contributed by atoms with Gasteiger partial charge in [0.1, 0.15) is 0 Å². The van der Waals surface area contributed by atoms with E-state index in [1.807, 2.05) is 48.5 Å². The molecule has 3 rings (SSSR count). The number of nitrogens with one attached hydrogen (secondary N) is 1. The van der Waals surface area contributed by atoms with Gasteiger partial charge < -0.3 is 15.8 Å². The lowest BCUT2D eigenvalue weighted by Crippen LogP contribution is -2.21. The number of carbonyl (C=O) groups is 2. The highest BCUT2D eigenvalue weighted by Gasteiger charge is 2.14. The maximum Gasteiger partial charge on any atom is 0.340 e. The number of halogens is 1. The number of ether oxygens (including phenoxy) is 1. The summed E-state index contributed by atoms with van der Waals surface area (Å²) in [6.45, 7) is -0.425. The van der Waals surface area contributed by atoms with E-state index in [9.17, 15) is 9.59 Å². The summed E-state index contributed by atoms with van der Waals surface area (Å²) in [6.07, 6.45) is 0. The molecule has 3 aromatic rings. The van der Waals surface area contributed by atoms with Crippen molar-refractivity contribution >= 4 is 46.6 Å². The number of benzene rings is 3. The minimum Gasteiger partial charge on any atom is -0.452 e. The van der Waals surface area contributed by atoms with Crippen molar-refractivity contribution in [3.8, 4) is 0 Å². The van der Waals surface area contributed by atoms with Gasteiger partial charge >= 0.3 is 5.97 Å². The van der Waals surface area contributed by atoms with E-state index in [0.717, 1.165) is 9.79 Å². The summed E-state index contributed by atoms with van der Waals surface area (Å²) in [6, 6.07) is 21.7. The van der Waals surface area contributed by atoms with Crippen LogP contribution in [0.4, 0.5) is 11.4 Å². The molecule has 0 aromatic heterocycles. The average molecular weight is 413 g/mol. The summed E-state index contributed by atoms with van der Waals surface area (Å²) in [5.41, 5.74) is 6.76. The summed E-state index contributed by atoms with van der Waals surface area (Å²) < 4.78 is 5.06. The quantitative estimate of drug-likeness (QED) is 0.446. The van der Waals surface area contributed by atoms with Gasteiger partial charge in [0.15, 0.2) is 6.61 Å². The van der Waals surface area contributed by atoms with Crippen molar-refractivity contribution in [3.63, 3.8) is 0 Å². The molecule has 0 fully saturated rings. The third-order valence-corrected chi connectivity index (χ3v) is 5.02. The molecule has 0 aliphatic heterocycles. The molecule has 0 atom stereocenters. The van der Waals surface area contributed by atoms with Gasteiger partial charge in [0.2, 0.25) is 0 Å². The molecule has 0 saturated heterocycles. The molecule has 28 heavy (non-hydrogen) atoms. The fourth-order valence-corrected chi connectivity index (χ4v) is 3.49.